The number of carboxylic acid groups (broad SMARTS) is 1. The van der Waals surface area contributed by atoms with Gasteiger partial charge in [-0.25, -0.2) is 0 Å². The smallest absolute Gasteiger partial charge is 0.307 e. The molecule has 1 aliphatic carbocycles. The van der Waals surface area contributed by atoms with Crippen LogP contribution < -0.4 is 4.74 Å². The third-order valence-electron chi connectivity index (χ3n) is 4.79. The summed E-state index contributed by atoms with van der Waals surface area (Å²) in [6.45, 7) is 2.98. The number of aryl methyl sites for hydroxylation is 1. The summed E-state index contributed by atoms with van der Waals surface area (Å²) in [6.07, 6.45) is 4.86. The maximum absolute atomic E-state index is 11.6. The van der Waals surface area contributed by atoms with Gasteiger partial charge in [-0.2, -0.15) is 0 Å². The molecule has 20 heavy (non-hydrogen) atoms. The highest BCUT2D eigenvalue weighted by molar-refractivity contribution is 5.72. The number of rotatable bonds is 2. The van der Waals surface area contributed by atoms with Crippen molar-refractivity contribution in [1.82, 2.24) is 0 Å². The largest absolute Gasteiger partial charge is 0.493 e. The van der Waals surface area contributed by atoms with E-state index in [4.69, 9.17) is 4.74 Å². The van der Waals surface area contributed by atoms with Crippen molar-refractivity contribution in [3.05, 3.63) is 29.3 Å². The first-order valence-electron chi connectivity index (χ1n) is 7.64. The average molecular weight is 274 g/mol. The lowest BCUT2D eigenvalue weighted by atomic mass is 9.71. The Bertz CT molecular complexity index is 509. The van der Waals surface area contributed by atoms with Crippen LogP contribution in [-0.2, 0) is 11.2 Å². The highest BCUT2D eigenvalue weighted by Gasteiger charge is 2.36. The fourth-order valence-electron chi connectivity index (χ4n) is 3.73. The predicted molar refractivity (Wildman–Crippen MR) is 77.1 cm³/mol. The van der Waals surface area contributed by atoms with Crippen LogP contribution in [-0.4, -0.2) is 17.7 Å². The Kier molecular flexibility index (Phi) is 3.68. The molecule has 3 heteroatoms. The van der Waals surface area contributed by atoms with E-state index in [0.717, 1.165) is 50.0 Å². The molecular weight excluding hydrogens is 252 g/mol. The molecule has 1 aromatic carbocycles. The highest BCUT2D eigenvalue weighted by Crippen LogP contribution is 2.45. The SMILES string of the molecule is CC1CCC(C(=O)O)C(c2cccc3c2OCCC3)C1. The Labute approximate surface area is 120 Å². The van der Waals surface area contributed by atoms with E-state index in [2.05, 4.69) is 25.1 Å². The van der Waals surface area contributed by atoms with E-state index in [1.165, 1.54) is 5.56 Å². The summed E-state index contributed by atoms with van der Waals surface area (Å²) in [5.41, 5.74) is 2.37. The number of ether oxygens (including phenoxy) is 1. The number of carbonyl (C=O) groups is 1. The van der Waals surface area contributed by atoms with Crippen LogP contribution in [0.15, 0.2) is 18.2 Å². The molecule has 1 N–H and O–H groups in total. The minimum Gasteiger partial charge on any atom is -0.493 e. The minimum atomic E-state index is -0.657. The molecule has 0 amide bonds. The standard InChI is InChI=1S/C17H22O3/c1-11-7-8-14(17(18)19)15(10-11)13-6-2-4-12-5-3-9-20-16(12)13/h2,4,6,11,14-15H,3,5,7-10H2,1H3,(H,18,19). The van der Waals surface area contributed by atoms with E-state index < -0.39 is 5.97 Å². The summed E-state index contributed by atoms with van der Waals surface area (Å²) in [5, 5.41) is 9.52. The molecular formula is C17H22O3. The second-order valence-electron chi connectivity index (χ2n) is 6.26. The third-order valence-corrected chi connectivity index (χ3v) is 4.79. The topological polar surface area (TPSA) is 46.5 Å². The lowest BCUT2D eigenvalue weighted by molar-refractivity contribution is -0.143. The van der Waals surface area contributed by atoms with E-state index in [1.807, 2.05) is 0 Å². The number of benzene rings is 1. The molecule has 0 saturated heterocycles. The van der Waals surface area contributed by atoms with Gasteiger partial charge in [0, 0.05) is 5.92 Å². The van der Waals surface area contributed by atoms with Crippen LogP contribution in [0, 0.1) is 11.8 Å². The zero-order chi connectivity index (χ0) is 14.1. The predicted octanol–water partition coefficient (Wildman–Crippen LogP) is 3.62. The first-order chi connectivity index (χ1) is 9.66. The van der Waals surface area contributed by atoms with Gasteiger partial charge in [0.25, 0.3) is 0 Å². The van der Waals surface area contributed by atoms with Crippen molar-refractivity contribution in [2.45, 2.75) is 44.9 Å². The van der Waals surface area contributed by atoms with Crippen LogP contribution in [0.3, 0.4) is 0 Å². The molecule has 3 rings (SSSR count). The molecule has 3 nitrogen and oxygen atoms in total. The average Bonchev–Trinajstić information content (AvgIpc) is 2.46. The van der Waals surface area contributed by atoms with Gasteiger partial charge in [-0.05, 0) is 49.1 Å². The quantitative estimate of drug-likeness (QED) is 0.896. The lowest BCUT2D eigenvalue weighted by Crippen LogP contribution is -2.29. The zero-order valence-electron chi connectivity index (χ0n) is 12.0. The molecule has 1 aliphatic heterocycles. The van der Waals surface area contributed by atoms with E-state index in [-0.39, 0.29) is 11.8 Å². The van der Waals surface area contributed by atoms with Crippen LogP contribution >= 0.6 is 0 Å². The van der Waals surface area contributed by atoms with Crippen molar-refractivity contribution >= 4 is 5.97 Å². The second kappa shape index (κ2) is 5.47. The Morgan fingerprint density at radius 2 is 2.20 bits per heavy atom. The fraction of sp³-hybridized carbons (Fsp3) is 0.588. The Morgan fingerprint density at radius 3 is 3.00 bits per heavy atom. The van der Waals surface area contributed by atoms with Gasteiger partial charge in [-0.15, -0.1) is 0 Å². The first kappa shape index (κ1) is 13.5. The van der Waals surface area contributed by atoms with Crippen LogP contribution in [0.1, 0.15) is 49.7 Å². The maximum atomic E-state index is 11.6. The summed E-state index contributed by atoms with van der Waals surface area (Å²) in [6, 6.07) is 6.24. The third kappa shape index (κ3) is 2.41. The molecule has 2 aliphatic rings. The summed E-state index contributed by atoms with van der Waals surface area (Å²) in [4.78, 5) is 11.6. The van der Waals surface area contributed by atoms with Crippen LogP contribution in [0.2, 0.25) is 0 Å². The van der Waals surface area contributed by atoms with Gasteiger partial charge in [0.05, 0.1) is 12.5 Å². The van der Waals surface area contributed by atoms with E-state index in [0.29, 0.717) is 5.92 Å². The number of carboxylic acids is 1. The van der Waals surface area contributed by atoms with Gasteiger partial charge in [0.15, 0.2) is 0 Å². The molecule has 1 fully saturated rings. The number of aliphatic carboxylic acids is 1. The van der Waals surface area contributed by atoms with Crippen molar-refractivity contribution in [3.63, 3.8) is 0 Å². The van der Waals surface area contributed by atoms with Gasteiger partial charge in [0.2, 0.25) is 0 Å². The van der Waals surface area contributed by atoms with Crippen LogP contribution in [0.25, 0.3) is 0 Å². The van der Waals surface area contributed by atoms with Crippen molar-refractivity contribution in [2.24, 2.45) is 11.8 Å². The van der Waals surface area contributed by atoms with Crippen molar-refractivity contribution in [1.29, 1.82) is 0 Å². The van der Waals surface area contributed by atoms with Gasteiger partial charge >= 0.3 is 5.97 Å². The Balaban J connectivity index is 1.99. The van der Waals surface area contributed by atoms with Gasteiger partial charge in [-0.3, -0.25) is 4.79 Å². The molecule has 3 unspecified atom stereocenters. The number of hydrogen-bond donors (Lipinski definition) is 1. The van der Waals surface area contributed by atoms with Crippen molar-refractivity contribution in [2.75, 3.05) is 6.61 Å². The monoisotopic (exact) mass is 274 g/mol. The minimum absolute atomic E-state index is 0.101. The molecule has 1 saturated carbocycles. The fourth-order valence-corrected chi connectivity index (χ4v) is 3.73. The van der Waals surface area contributed by atoms with E-state index >= 15 is 0 Å². The van der Waals surface area contributed by atoms with Crippen LogP contribution in [0.4, 0.5) is 0 Å². The molecule has 0 aromatic heterocycles. The molecule has 3 atom stereocenters. The maximum Gasteiger partial charge on any atom is 0.307 e. The summed E-state index contributed by atoms with van der Waals surface area (Å²) < 4.78 is 5.88. The normalized spacial score (nSPS) is 29.4. The zero-order valence-corrected chi connectivity index (χ0v) is 12.0. The number of fused-ring (bicyclic) bond motifs is 1. The molecule has 0 spiro atoms. The molecule has 0 radical (unpaired) electrons. The lowest BCUT2D eigenvalue weighted by Gasteiger charge is -2.34. The summed E-state index contributed by atoms with van der Waals surface area (Å²) in [5.74, 6) is 0.752. The van der Waals surface area contributed by atoms with Crippen molar-refractivity contribution < 1.29 is 14.6 Å². The highest BCUT2D eigenvalue weighted by atomic mass is 16.5. The summed E-state index contributed by atoms with van der Waals surface area (Å²) >= 11 is 0. The van der Waals surface area contributed by atoms with E-state index in [9.17, 15) is 9.90 Å². The van der Waals surface area contributed by atoms with Crippen molar-refractivity contribution in [3.8, 4) is 5.75 Å². The number of para-hydroxylation sites is 1. The van der Waals surface area contributed by atoms with Gasteiger partial charge in [-0.1, -0.05) is 25.1 Å². The van der Waals surface area contributed by atoms with Gasteiger partial charge < -0.3 is 9.84 Å². The number of hydrogen-bond acceptors (Lipinski definition) is 2. The van der Waals surface area contributed by atoms with Crippen LogP contribution in [0.5, 0.6) is 5.75 Å². The summed E-state index contributed by atoms with van der Waals surface area (Å²) in [7, 11) is 0. The van der Waals surface area contributed by atoms with E-state index in [1.54, 1.807) is 0 Å². The first-order valence-corrected chi connectivity index (χ1v) is 7.64. The molecule has 1 aromatic rings. The van der Waals surface area contributed by atoms with Gasteiger partial charge in [0.1, 0.15) is 5.75 Å². The molecule has 1 heterocycles. The Morgan fingerprint density at radius 1 is 1.35 bits per heavy atom. The molecule has 108 valence electrons. The molecule has 0 bridgehead atoms. The second-order valence-corrected chi connectivity index (χ2v) is 6.26. The Hall–Kier alpha value is -1.51.